The molecule has 0 saturated carbocycles. The molecule has 1 amide bonds. The Balaban J connectivity index is 1.45. The molecule has 1 unspecified atom stereocenters. The molecule has 1 aliphatic heterocycles. The second-order valence-corrected chi connectivity index (χ2v) is 8.34. The number of carbonyl (C=O) groups is 1. The second kappa shape index (κ2) is 9.30. The smallest absolute Gasteiger partial charge is 0.274 e. The van der Waals surface area contributed by atoms with Gasteiger partial charge in [-0.05, 0) is 38.5 Å². The Morgan fingerprint density at radius 2 is 2.12 bits per heavy atom. The van der Waals surface area contributed by atoms with Gasteiger partial charge in [0, 0.05) is 31.4 Å². The minimum Gasteiger partial charge on any atom is -0.366 e. The van der Waals surface area contributed by atoms with E-state index in [1.807, 2.05) is 74.1 Å². The van der Waals surface area contributed by atoms with Crippen LogP contribution >= 0.6 is 0 Å². The van der Waals surface area contributed by atoms with Gasteiger partial charge < -0.3 is 20.3 Å². The first kappa shape index (κ1) is 22.3. The summed E-state index contributed by atoms with van der Waals surface area (Å²) >= 11 is 0. The molecular weight excluding hydrogens is 418 g/mol. The van der Waals surface area contributed by atoms with Crippen molar-refractivity contribution in [2.24, 2.45) is 0 Å². The van der Waals surface area contributed by atoms with Crippen LogP contribution in [-0.4, -0.2) is 40.1 Å². The summed E-state index contributed by atoms with van der Waals surface area (Å²) in [6, 6.07) is 11.6. The molecule has 1 aromatic carbocycles. The van der Waals surface area contributed by atoms with Crippen LogP contribution in [0, 0.1) is 18.3 Å². The third-order valence-corrected chi connectivity index (χ3v) is 5.35. The highest BCUT2D eigenvalue weighted by Crippen LogP contribution is 2.35. The number of aryl methyl sites for hydroxylation is 1. The van der Waals surface area contributed by atoms with Gasteiger partial charge >= 0.3 is 0 Å². The molecule has 0 saturated heterocycles. The Morgan fingerprint density at radius 3 is 2.88 bits per heavy atom. The minimum absolute atomic E-state index is 0.0795. The van der Waals surface area contributed by atoms with E-state index in [1.165, 1.54) is 0 Å². The largest absolute Gasteiger partial charge is 0.366 e. The lowest BCUT2D eigenvalue weighted by molar-refractivity contribution is -0.130. The standard InChI is InChI=1S/C24H27N7O2/c1-15(2)33-24-23(32)29-22-16(3)28-21(9-20(22)30(24)4)26-11-19-12-27-31(14-19)13-18-7-5-6-17(8-18)10-25/h5-9,12,14-15,24H,11,13H2,1-4H3,(H,26,28)(H,29,32). The molecule has 170 valence electrons. The Morgan fingerprint density at radius 1 is 1.30 bits per heavy atom. The van der Waals surface area contributed by atoms with Gasteiger partial charge in [0.05, 0.1) is 47.5 Å². The van der Waals surface area contributed by atoms with Gasteiger partial charge in [-0.25, -0.2) is 4.98 Å². The summed E-state index contributed by atoms with van der Waals surface area (Å²) in [5.74, 6) is 0.504. The summed E-state index contributed by atoms with van der Waals surface area (Å²) in [5.41, 5.74) is 4.94. The van der Waals surface area contributed by atoms with Crippen LogP contribution in [0.1, 0.15) is 36.2 Å². The van der Waals surface area contributed by atoms with E-state index >= 15 is 0 Å². The summed E-state index contributed by atoms with van der Waals surface area (Å²) in [5, 5.41) is 19.8. The molecule has 0 spiro atoms. The molecule has 4 rings (SSSR count). The van der Waals surface area contributed by atoms with Crippen LogP contribution < -0.4 is 15.5 Å². The maximum Gasteiger partial charge on any atom is 0.274 e. The van der Waals surface area contributed by atoms with Crippen LogP contribution in [0.4, 0.5) is 17.2 Å². The second-order valence-electron chi connectivity index (χ2n) is 8.34. The lowest BCUT2D eigenvalue weighted by Crippen LogP contribution is -2.49. The Kier molecular flexibility index (Phi) is 6.29. The molecular formula is C24H27N7O2. The Hall–Kier alpha value is -3.90. The van der Waals surface area contributed by atoms with Crippen molar-refractivity contribution in [3.05, 3.63) is 65.1 Å². The number of carbonyl (C=O) groups excluding carboxylic acids is 1. The van der Waals surface area contributed by atoms with Crippen molar-refractivity contribution in [2.45, 2.75) is 46.2 Å². The van der Waals surface area contributed by atoms with Crippen molar-refractivity contribution < 1.29 is 9.53 Å². The summed E-state index contributed by atoms with van der Waals surface area (Å²) in [6.07, 6.45) is 3.01. The van der Waals surface area contributed by atoms with E-state index in [0.29, 0.717) is 30.2 Å². The van der Waals surface area contributed by atoms with E-state index in [-0.39, 0.29) is 12.0 Å². The zero-order valence-corrected chi connectivity index (χ0v) is 19.2. The summed E-state index contributed by atoms with van der Waals surface area (Å²) in [6.45, 7) is 6.82. The summed E-state index contributed by atoms with van der Waals surface area (Å²) in [4.78, 5) is 18.9. The highest BCUT2D eigenvalue weighted by molar-refractivity contribution is 6.03. The number of aromatic nitrogens is 3. The number of likely N-dealkylation sites (N-methyl/N-ethyl adjacent to an activating group) is 1. The third kappa shape index (κ3) is 4.96. The number of amides is 1. The predicted octanol–water partition coefficient (Wildman–Crippen LogP) is 3.26. The number of fused-ring (bicyclic) bond motifs is 1. The monoisotopic (exact) mass is 445 g/mol. The number of hydrogen-bond donors (Lipinski definition) is 2. The zero-order chi connectivity index (χ0) is 23.5. The summed E-state index contributed by atoms with van der Waals surface area (Å²) < 4.78 is 7.64. The van der Waals surface area contributed by atoms with Crippen molar-refractivity contribution >= 4 is 23.1 Å². The lowest BCUT2D eigenvalue weighted by atomic mass is 10.1. The van der Waals surface area contributed by atoms with Crippen molar-refractivity contribution in [2.75, 3.05) is 22.6 Å². The normalized spacial score (nSPS) is 15.2. The zero-order valence-electron chi connectivity index (χ0n) is 19.2. The Labute approximate surface area is 193 Å². The molecule has 1 aliphatic rings. The van der Waals surface area contributed by atoms with Crippen molar-refractivity contribution in [1.82, 2.24) is 14.8 Å². The van der Waals surface area contributed by atoms with Crippen LogP contribution in [0.3, 0.4) is 0 Å². The topological polar surface area (TPSA) is 108 Å². The highest BCUT2D eigenvalue weighted by atomic mass is 16.5. The fourth-order valence-electron chi connectivity index (χ4n) is 3.78. The van der Waals surface area contributed by atoms with Gasteiger partial charge in [-0.15, -0.1) is 0 Å². The number of rotatable bonds is 7. The first-order valence-electron chi connectivity index (χ1n) is 10.8. The maximum absolute atomic E-state index is 12.5. The van der Waals surface area contributed by atoms with E-state index in [1.54, 1.807) is 6.07 Å². The fraction of sp³-hybridized carbons (Fsp3) is 0.333. The molecule has 1 atom stereocenters. The molecule has 3 aromatic rings. The molecule has 0 bridgehead atoms. The molecule has 0 radical (unpaired) electrons. The number of benzene rings is 1. The average molecular weight is 446 g/mol. The third-order valence-electron chi connectivity index (χ3n) is 5.35. The summed E-state index contributed by atoms with van der Waals surface area (Å²) in [7, 11) is 1.85. The van der Waals surface area contributed by atoms with E-state index in [4.69, 9.17) is 10.00 Å². The van der Waals surface area contributed by atoms with Gasteiger partial charge in [-0.3, -0.25) is 9.48 Å². The van der Waals surface area contributed by atoms with E-state index in [2.05, 4.69) is 26.8 Å². The molecule has 9 nitrogen and oxygen atoms in total. The van der Waals surface area contributed by atoms with Gasteiger partial charge in [-0.1, -0.05) is 12.1 Å². The Bertz CT molecular complexity index is 1210. The quantitative estimate of drug-likeness (QED) is 0.575. The number of ether oxygens (including phenoxy) is 1. The highest BCUT2D eigenvalue weighted by Gasteiger charge is 2.33. The first-order valence-corrected chi connectivity index (χ1v) is 10.8. The van der Waals surface area contributed by atoms with Crippen molar-refractivity contribution in [1.29, 1.82) is 5.26 Å². The first-order chi connectivity index (χ1) is 15.8. The minimum atomic E-state index is -0.690. The lowest BCUT2D eigenvalue weighted by Gasteiger charge is -2.36. The van der Waals surface area contributed by atoms with Crippen LogP contribution in [0.25, 0.3) is 0 Å². The van der Waals surface area contributed by atoms with Gasteiger partial charge in [0.15, 0.2) is 0 Å². The average Bonchev–Trinajstić information content (AvgIpc) is 3.23. The number of nitrogens with one attached hydrogen (secondary N) is 2. The van der Waals surface area contributed by atoms with Gasteiger partial charge in [0.1, 0.15) is 5.82 Å². The molecule has 0 aliphatic carbocycles. The van der Waals surface area contributed by atoms with Gasteiger partial charge in [-0.2, -0.15) is 10.4 Å². The van der Waals surface area contributed by atoms with Crippen LogP contribution in [-0.2, 0) is 22.6 Å². The predicted molar refractivity (Wildman–Crippen MR) is 126 cm³/mol. The number of nitriles is 1. The van der Waals surface area contributed by atoms with E-state index in [9.17, 15) is 4.79 Å². The van der Waals surface area contributed by atoms with Crippen molar-refractivity contribution in [3.63, 3.8) is 0 Å². The SMILES string of the molecule is Cc1nc(NCc2cnn(Cc3cccc(C#N)c3)c2)cc2c1NC(=O)C(OC(C)C)N2C. The molecule has 9 heteroatoms. The molecule has 0 fully saturated rings. The number of hydrogen-bond acceptors (Lipinski definition) is 7. The molecule has 2 N–H and O–H groups in total. The van der Waals surface area contributed by atoms with Crippen molar-refractivity contribution in [3.8, 4) is 6.07 Å². The molecule has 3 heterocycles. The van der Waals surface area contributed by atoms with Crippen LogP contribution in [0.15, 0.2) is 42.7 Å². The van der Waals surface area contributed by atoms with E-state index < -0.39 is 6.23 Å². The number of anilines is 3. The fourth-order valence-corrected chi connectivity index (χ4v) is 3.78. The van der Waals surface area contributed by atoms with Crippen LogP contribution in [0.5, 0.6) is 0 Å². The molecule has 33 heavy (non-hydrogen) atoms. The maximum atomic E-state index is 12.5. The van der Waals surface area contributed by atoms with Crippen LogP contribution in [0.2, 0.25) is 0 Å². The molecule has 2 aromatic heterocycles. The number of nitrogens with zero attached hydrogens (tertiary/aromatic N) is 5. The number of pyridine rings is 1. The van der Waals surface area contributed by atoms with Gasteiger partial charge in [0.2, 0.25) is 6.23 Å². The van der Waals surface area contributed by atoms with E-state index in [0.717, 1.165) is 22.5 Å². The van der Waals surface area contributed by atoms with Gasteiger partial charge in [0.25, 0.3) is 5.91 Å².